The van der Waals surface area contributed by atoms with Gasteiger partial charge in [0.1, 0.15) is 11.7 Å². The lowest BCUT2D eigenvalue weighted by molar-refractivity contribution is -0.141. The fourth-order valence-corrected chi connectivity index (χ4v) is 3.12. The molecule has 0 saturated carbocycles. The summed E-state index contributed by atoms with van der Waals surface area (Å²) >= 11 is 1.47. The monoisotopic (exact) mass is 432 g/mol. The number of fused-ring (bicyclic) bond motifs is 1. The van der Waals surface area contributed by atoms with Gasteiger partial charge in [-0.15, -0.1) is 0 Å². The number of furan rings is 1. The topological polar surface area (TPSA) is 127 Å². The van der Waals surface area contributed by atoms with Crippen molar-refractivity contribution in [1.29, 1.82) is 0 Å². The summed E-state index contributed by atoms with van der Waals surface area (Å²) in [4.78, 5) is 36.7. The Bertz CT molecular complexity index is 956. The molecule has 0 unspecified atom stereocenters. The zero-order valence-electron chi connectivity index (χ0n) is 16.0. The molecule has 0 bridgehead atoms. The van der Waals surface area contributed by atoms with Gasteiger partial charge < -0.3 is 29.6 Å². The Labute approximate surface area is 176 Å². The number of carboxylic acids is 1. The van der Waals surface area contributed by atoms with Crippen LogP contribution in [0.25, 0.3) is 6.08 Å². The molecule has 1 aliphatic rings. The lowest BCUT2D eigenvalue weighted by atomic mass is 10.1. The Morgan fingerprint density at radius 2 is 2.03 bits per heavy atom. The van der Waals surface area contributed by atoms with Crippen LogP contribution in [0.2, 0.25) is 0 Å². The van der Waals surface area contributed by atoms with Crippen molar-refractivity contribution in [3.05, 3.63) is 53.6 Å². The van der Waals surface area contributed by atoms with Crippen molar-refractivity contribution in [2.45, 2.75) is 12.5 Å². The van der Waals surface area contributed by atoms with E-state index in [4.69, 9.17) is 13.9 Å². The fraction of sp³-hybridized carbons (Fsp3) is 0.250. The van der Waals surface area contributed by atoms with E-state index >= 15 is 0 Å². The molecule has 0 aliphatic carbocycles. The molecule has 0 radical (unpaired) electrons. The smallest absolute Gasteiger partial charge is 0.326 e. The Hall–Kier alpha value is -3.40. The minimum Gasteiger partial charge on any atom is -0.480 e. The predicted molar refractivity (Wildman–Crippen MR) is 109 cm³/mol. The maximum Gasteiger partial charge on any atom is 0.326 e. The number of carbonyl (C=O) groups is 3. The SMILES string of the molecule is CSCC[C@@H](NC(=O)/C(=C\c1ccc2c(c1)OCO2)NC(=O)c1ccco1)C(=O)O. The summed E-state index contributed by atoms with van der Waals surface area (Å²) in [7, 11) is 0. The van der Waals surface area contributed by atoms with E-state index < -0.39 is 23.8 Å². The molecule has 30 heavy (non-hydrogen) atoms. The summed E-state index contributed by atoms with van der Waals surface area (Å²) in [5.74, 6) is -0.894. The van der Waals surface area contributed by atoms with Crippen LogP contribution in [0.3, 0.4) is 0 Å². The van der Waals surface area contributed by atoms with Gasteiger partial charge in [0.15, 0.2) is 17.3 Å². The van der Waals surface area contributed by atoms with E-state index in [9.17, 15) is 19.5 Å². The number of aliphatic carboxylic acids is 1. The van der Waals surface area contributed by atoms with Crippen molar-refractivity contribution < 1.29 is 33.4 Å². The molecule has 158 valence electrons. The molecule has 2 amide bonds. The van der Waals surface area contributed by atoms with Gasteiger partial charge >= 0.3 is 5.97 Å². The van der Waals surface area contributed by atoms with Gasteiger partial charge in [0.2, 0.25) is 6.79 Å². The third-order valence-corrected chi connectivity index (χ3v) is 4.80. The van der Waals surface area contributed by atoms with Crippen LogP contribution in [0, 0.1) is 0 Å². The number of ether oxygens (including phenoxy) is 2. The number of benzene rings is 1. The number of carboxylic acid groups (broad SMARTS) is 1. The summed E-state index contributed by atoms with van der Waals surface area (Å²) in [5, 5.41) is 14.3. The minimum absolute atomic E-state index is 0.0107. The molecular formula is C20H20N2O7S. The third kappa shape index (κ3) is 5.35. The van der Waals surface area contributed by atoms with Gasteiger partial charge in [0, 0.05) is 0 Å². The molecule has 1 aromatic heterocycles. The predicted octanol–water partition coefficient (Wildman–Crippen LogP) is 2.10. The second-order valence-corrected chi connectivity index (χ2v) is 7.23. The van der Waals surface area contributed by atoms with Crippen molar-refractivity contribution in [2.75, 3.05) is 18.8 Å². The van der Waals surface area contributed by atoms with Gasteiger partial charge in [-0.05, 0) is 54.3 Å². The van der Waals surface area contributed by atoms with E-state index in [0.717, 1.165) is 0 Å². The first kappa shape index (κ1) is 21.3. The van der Waals surface area contributed by atoms with Crippen molar-refractivity contribution in [2.24, 2.45) is 0 Å². The van der Waals surface area contributed by atoms with Crippen molar-refractivity contribution >= 4 is 35.6 Å². The van der Waals surface area contributed by atoms with Crippen LogP contribution in [0.15, 0.2) is 46.7 Å². The Morgan fingerprint density at radius 1 is 1.23 bits per heavy atom. The number of thioether (sulfide) groups is 1. The van der Waals surface area contributed by atoms with Gasteiger partial charge in [-0.1, -0.05) is 6.07 Å². The molecule has 0 fully saturated rings. The Balaban J connectivity index is 1.85. The highest BCUT2D eigenvalue weighted by molar-refractivity contribution is 7.98. The minimum atomic E-state index is -1.16. The maximum absolute atomic E-state index is 12.8. The van der Waals surface area contributed by atoms with Crippen LogP contribution in [0.5, 0.6) is 11.5 Å². The summed E-state index contributed by atoms with van der Waals surface area (Å²) in [6.07, 6.45) is 4.84. The molecule has 2 aromatic rings. The van der Waals surface area contributed by atoms with Gasteiger partial charge in [-0.3, -0.25) is 9.59 Å². The second kappa shape index (κ2) is 9.88. The zero-order valence-corrected chi connectivity index (χ0v) is 16.9. The van der Waals surface area contributed by atoms with Crippen LogP contribution < -0.4 is 20.1 Å². The molecule has 1 aliphatic heterocycles. The van der Waals surface area contributed by atoms with Crippen LogP contribution in [0.4, 0.5) is 0 Å². The van der Waals surface area contributed by atoms with E-state index in [1.165, 1.54) is 30.2 Å². The van der Waals surface area contributed by atoms with E-state index in [1.54, 1.807) is 24.3 Å². The number of hydrogen-bond donors (Lipinski definition) is 3. The highest BCUT2D eigenvalue weighted by atomic mass is 32.2. The van der Waals surface area contributed by atoms with Crippen molar-refractivity contribution in [3.63, 3.8) is 0 Å². The molecule has 2 heterocycles. The van der Waals surface area contributed by atoms with E-state index in [1.807, 2.05) is 6.26 Å². The molecule has 9 nitrogen and oxygen atoms in total. The fourth-order valence-electron chi connectivity index (χ4n) is 2.65. The number of rotatable bonds is 9. The van der Waals surface area contributed by atoms with E-state index in [2.05, 4.69) is 10.6 Å². The first-order valence-electron chi connectivity index (χ1n) is 8.96. The zero-order chi connectivity index (χ0) is 21.5. The van der Waals surface area contributed by atoms with Crippen LogP contribution in [0.1, 0.15) is 22.5 Å². The van der Waals surface area contributed by atoms with E-state index in [-0.39, 0.29) is 24.7 Å². The quantitative estimate of drug-likeness (QED) is 0.514. The Kier molecular flexibility index (Phi) is 7.02. The van der Waals surface area contributed by atoms with Crippen molar-refractivity contribution in [3.8, 4) is 11.5 Å². The molecule has 1 aromatic carbocycles. The molecule has 1 atom stereocenters. The third-order valence-electron chi connectivity index (χ3n) is 4.16. The van der Waals surface area contributed by atoms with Crippen LogP contribution >= 0.6 is 11.8 Å². The average Bonchev–Trinajstić information content (AvgIpc) is 3.41. The summed E-state index contributed by atoms with van der Waals surface area (Å²) in [6, 6.07) is 6.91. The number of nitrogens with one attached hydrogen (secondary N) is 2. The average molecular weight is 432 g/mol. The summed E-state index contributed by atoms with van der Waals surface area (Å²) in [6.45, 7) is 0.0980. The van der Waals surface area contributed by atoms with Crippen LogP contribution in [-0.2, 0) is 9.59 Å². The van der Waals surface area contributed by atoms with Gasteiger partial charge in [0.25, 0.3) is 11.8 Å². The van der Waals surface area contributed by atoms with Crippen LogP contribution in [-0.4, -0.2) is 47.7 Å². The normalized spacial score (nSPS) is 13.6. The molecule has 3 rings (SSSR count). The van der Waals surface area contributed by atoms with E-state index in [0.29, 0.717) is 22.8 Å². The first-order chi connectivity index (χ1) is 14.5. The van der Waals surface area contributed by atoms with Gasteiger partial charge in [-0.2, -0.15) is 11.8 Å². The van der Waals surface area contributed by atoms with Gasteiger partial charge in [-0.25, -0.2) is 4.79 Å². The lowest BCUT2D eigenvalue weighted by Gasteiger charge is -2.16. The second-order valence-electron chi connectivity index (χ2n) is 6.25. The molecule has 10 heteroatoms. The standard InChI is InChI=1S/C20H20N2O7S/c1-30-8-6-13(20(25)26)21-18(23)14(22-19(24)16-3-2-7-27-16)9-12-4-5-15-17(10-12)29-11-28-15/h2-5,7,9-10,13H,6,8,11H2,1H3,(H,21,23)(H,22,24)(H,25,26)/b14-9+/t13-/m1/s1. The largest absolute Gasteiger partial charge is 0.480 e. The molecule has 0 saturated heterocycles. The number of carbonyl (C=O) groups excluding carboxylic acids is 2. The molecule has 3 N–H and O–H groups in total. The summed E-state index contributed by atoms with van der Waals surface area (Å²) < 4.78 is 15.6. The van der Waals surface area contributed by atoms with Crippen molar-refractivity contribution in [1.82, 2.24) is 10.6 Å². The first-order valence-corrected chi connectivity index (χ1v) is 10.4. The lowest BCUT2D eigenvalue weighted by Crippen LogP contribution is -2.44. The Morgan fingerprint density at radius 3 is 2.73 bits per heavy atom. The molecule has 0 spiro atoms. The highest BCUT2D eigenvalue weighted by Crippen LogP contribution is 2.33. The van der Waals surface area contributed by atoms with Gasteiger partial charge in [0.05, 0.1) is 6.26 Å². The number of hydrogen-bond acceptors (Lipinski definition) is 7. The maximum atomic E-state index is 12.8. The highest BCUT2D eigenvalue weighted by Gasteiger charge is 2.23. The summed E-state index contributed by atoms with van der Waals surface area (Å²) in [5.41, 5.74) is 0.422. The molecular weight excluding hydrogens is 412 g/mol. The number of amides is 2.